The fraction of sp³-hybridized carbons (Fsp3) is 0.0500. The summed E-state index contributed by atoms with van der Waals surface area (Å²) in [6, 6.07) is 21.9. The first-order valence-corrected chi connectivity index (χ1v) is 7.81. The molecule has 3 aromatic rings. The van der Waals surface area contributed by atoms with Gasteiger partial charge in [0, 0.05) is 6.54 Å². The molecule has 0 spiro atoms. The summed E-state index contributed by atoms with van der Waals surface area (Å²) >= 11 is 0. The number of carboxylic acids is 1. The van der Waals surface area contributed by atoms with Crippen molar-refractivity contribution in [3.63, 3.8) is 0 Å². The average Bonchev–Trinajstić information content (AvgIpc) is 2.63. The van der Waals surface area contributed by atoms with Crippen molar-refractivity contribution in [2.45, 2.75) is 6.54 Å². The first-order valence-electron chi connectivity index (χ1n) is 7.81. The largest absolute Gasteiger partial charge is 0.478 e. The summed E-state index contributed by atoms with van der Waals surface area (Å²) in [5.41, 5.74) is 8.01. The average molecular weight is 334 g/mol. The first kappa shape index (κ1) is 16.4. The molecule has 126 valence electrons. The SMILES string of the molecule is Nc1cc(C(=O)O)cc(NCc2ccccc2)c1Oc1ccccc1. The Balaban J connectivity index is 1.93. The van der Waals surface area contributed by atoms with Crippen molar-refractivity contribution in [3.05, 3.63) is 83.9 Å². The quantitative estimate of drug-likeness (QED) is 0.583. The summed E-state index contributed by atoms with van der Waals surface area (Å²) in [6.07, 6.45) is 0. The van der Waals surface area contributed by atoms with Gasteiger partial charge in [-0.1, -0.05) is 48.5 Å². The van der Waals surface area contributed by atoms with Crippen molar-refractivity contribution in [2.24, 2.45) is 0 Å². The van der Waals surface area contributed by atoms with Crippen LogP contribution in [0, 0.1) is 0 Å². The molecule has 3 rings (SSSR count). The maximum atomic E-state index is 11.3. The molecule has 0 radical (unpaired) electrons. The molecule has 5 heteroatoms. The summed E-state index contributed by atoms with van der Waals surface area (Å²) in [7, 11) is 0. The van der Waals surface area contributed by atoms with E-state index in [1.165, 1.54) is 12.1 Å². The van der Waals surface area contributed by atoms with E-state index < -0.39 is 5.97 Å². The second-order valence-electron chi connectivity index (χ2n) is 5.50. The lowest BCUT2D eigenvalue weighted by Crippen LogP contribution is -2.06. The second kappa shape index (κ2) is 7.40. The molecule has 0 fully saturated rings. The normalized spacial score (nSPS) is 10.2. The Labute approximate surface area is 145 Å². The van der Waals surface area contributed by atoms with Crippen LogP contribution < -0.4 is 15.8 Å². The van der Waals surface area contributed by atoms with Crippen LogP contribution in [0.25, 0.3) is 0 Å². The molecule has 0 unspecified atom stereocenters. The maximum Gasteiger partial charge on any atom is 0.335 e. The molecular formula is C20H18N2O3. The predicted molar refractivity (Wildman–Crippen MR) is 98.1 cm³/mol. The van der Waals surface area contributed by atoms with E-state index in [1.807, 2.05) is 60.7 Å². The van der Waals surface area contributed by atoms with Gasteiger partial charge in [-0.05, 0) is 29.8 Å². The Morgan fingerprint density at radius 2 is 1.64 bits per heavy atom. The molecule has 0 saturated heterocycles. The zero-order valence-corrected chi connectivity index (χ0v) is 13.5. The fourth-order valence-corrected chi connectivity index (χ4v) is 2.42. The van der Waals surface area contributed by atoms with Gasteiger partial charge >= 0.3 is 5.97 Å². The predicted octanol–water partition coefficient (Wildman–Crippen LogP) is 4.37. The van der Waals surface area contributed by atoms with Gasteiger partial charge in [-0.3, -0.25) is 0 Å². The minimum absolute atomic E-state index is 0.105. The van der Waals surface area contributed by atoms with E-state index in [2.05, 4.69) is 5.32 Å². The number of anilines is 2. The Hall–Kier alpha value is -3.47. The zero-order valence-electron chi connectivity index (χ0n) is 13.5. The molecule has 0 heterocycles. The molecular weight excluding hydrogens is 316 g/mol. The van der Waals surface area contributed by atoms with Gasteiger partial charge in [-0.25, -0.2) is 4.79 Å². The Morgan fingerprint density at radius 1 is 1.00 bits per heavy atom. The topological polar surface area (TPSA) is 84.6 Å². The van der Waals surface area contributed by atoms with Gasteiger partial charge in [0.15, 0.2) is 5.75 Å². The molecule has 25 heavy (non-hydrogen) atoms. The summed E-state index contributed by atoms with van der Waals surface area (Å²) in [5, 5.41) is 12.5. The summed E-state index contributed by atoms with van der Waals surface area (Å²) in [5.74, 6) is -0.00658. The van der Waals surface area contributed by atoms with Crippen LogP contribution in [0.1, 0.15) is 15.9 Å². The Kier molecular flexibility index (Phi) is 4.85. The van der Waals surface area contributed by atoms with Gasteiger partial charge < -0.3 is 20.9 Å². The number of benzene rings is 3. The van der Waals surface area contributed by atoms with Crippen LogP contribution >= 0.6 is 0 Å². The van der Waals surface area contributed by atoms with Crippen molar-refractivity contribution in [1.29, 1.82) is 0 Å². The number of para-hydroxylation sites is 1. The fourth-order valence-electron chi connectivity index (χ4n) is 2.42. The highest BCUT2D eigenvalue weighted by atomic mass is 16.5. The van der Waals surface area contributed by atoms with E-state index >= 15 is 0 Å². The van der Waals surface area contributed by atoms with E-state index in [0.717, 1.165) is 5.56 Å². The highest BCUT2D eigenvalue weighted by Gasteiger charge is 2.15. The molecule has 0 bridgehead atoms. The summed E-state index contributed by atoms with van der Waals surface area (Å²) < 4.78 is 5.88. The monoisotopic (exact) mass is 334 g/mol. The van der Waals surface area contributed by atoms with Crippen LogP contribution in [0.15, 0.2) is 72.8 Å². The molecule has 4 N–H and O–H groups in total. The molecule has 0 aliphatic rings. The van der Waals surface area contributed by atoms with Crippen LogP contribution in [0.2, 0.25) is 0 Å². The molecule has 0 amide bonds. The number of hydrogen-bond acceptors (Lipinski definition) is 4. The second-order valence-corrected chi connectivity index (χ2v) is 5.50. The maximum absolute atomic E-state index is 11.3. The first-order chi connectivity index (χ1) is 12.1. The summed E-state index contributed by atoms with van der Waals surface area (Å²) in [4.78, 5) is 11.3. The van der Waals surface area contributed by atoms with E-state index in [-0.39, 0.29) is 11.3 Å². The van der Waals surface area contributed by atoms with E-state index in [1.54, 1.807) is 0 Å². The number of nitrogen functional groups attached to an aromatic ring is 1. The number of carbonyl (C=O) groups is 1. The number of rotatable bonds is 6. The smallest absolute Gasteiger partial charge is 0.335 e. The Morgan fingerprint density at radius 3 is 2.28 bits per heavy atom. The molecule has 0 aromatic heterocycles. The third-order valence-corrected chi connectivity index (χ3v) is 3.65. The molecule has 3 aromatic carbocycles. The van der Waals surface area contributed by atoms with E-state index in [4.69, 9.17) is 10.5 Å². The number of nitrogens with two attached hydrogens (primary N) is 1. The van der Waals surface area contributed by atoms with Crippen LogP contribution in [0.3, 0.4) is 0 Å². The Bertz CT molecular complexity index is 865. The third-order valence-electron chi connectivity index (χ3n) is 3.65. The van der Waals surface area contributed by atoms with Crippen molar-refractivity contribution in [1.82, 2.24) is 0 Å². The van der Waals surface area contributed by atoms with Gasteiger partial charge in [-0.2, -0.15) is 0 Å². The minimum Gasteiger partial charge on any atom is -0.478 e. The van der Waals surface area contributed by atoms with Crippen molar-refractivity contribution < 1.29 is 14.6 Å². The highest BCUT2D eigenvalue weighted by molar-refractivity contribution is 5.92. The molecule has 0 aliphatic heterocycles. The number of hydrogen-bond donors (Lipinski definition) is 3. The van der Waals surface area contributed by atoms with Crippen LogP contribution in [-0.2, 0) is 6.54 Å². The standard InChI is InChI=1S/C20H18N2O3/c21-17-11-15(20(23)24)12-18(22-13-14-7-3-1-4-8-14)19(17)25-16-9-5-2-6-10-16/h1-12,22H,13,21H2,(H,23,24). The number of nitrogens with one attached hydrogen (secondary N) is 1. The van der Waals surface area contributed by atoms with Gasteiger partial charge in [-0.15, -0.1) is 0 Å². The minimum atomic E-state index is -1.04. The highest BCUT2D eigenvalue weighted by Crippen LogP contribution is 2.37. The molecule has 0 atom stereocenters. The number of ether oxygens (including phenoxy) is 1. The van der Waals surface area contributed by atoms with E-state index in [9.17, 15) is 9.90 Å². The van der Waals surface area contributed by atoms with Crippen LogP contribution in [-0.4, -0.2) is 11.1 Å². The van der Waals surface area contributed by atoms with Crippen molar-refractivity contribution >= 4 is 17.3 Å². The van der Waals surface area contributed by atoms with Crippen LogP contribution in [0.5, 0.6) is 11.5 Å². The zero-order chi connectivity index (χ0) is 17.6. The van der Waals surface area contributed by atoms with Gasteiger partial charge in [0.05, 0.1) is 16.9 Å². The van der Waals surface area contributed by atoms with Gasteiger partial charge in [0.25, 0.3) is 0 Å². The number of carboxylic acid groups (broad SMARTS) is 1. The van der Waals surface area contributed by atoms with E-state index in [0.29, 0.717) is 23.7 Å². The van der Waals surface area contributed by atoms with Gasteiger partial charge in [0.2, 0.25) is 0 Å². The lowest BCUT2D eigenvalue weighted by atomic mass is 10.1. The van der Waals surface area contributed by atoms with Crippen molar-refractivity contribution in [2.75, 3.05) is 11.1 Å². The van der Waals surface area contributed by atoms with Crippen molar-refractivity contribution in [3.8, 4) is 11.5 Å². The van der Waals surface area contributed by atoms with Gasteiger partial charge in [0.1, 0.15) is 5.75 Å². The lowest BCUT2D eigenvalue weighted by Gasteiger charge is -2.16. The molecule has 5 nitrogen and oxygen atoms in total. The lowest BCUT2D eigenvalue weighted by molar-refractivity contribution is 0.0697. The molecule has 0 saturated carbocycles. The van der Waals surface area contributed by atoms with Crippen LogP contribution in [0.4, 0.5) is 11.4 Å². The molecule has 0 aliphatic carbocycles. The summed E-state index contributed by atoms with van der Waals surface area (Å²) in [6.45, 7) is 0.522. The third kappa shape index (κ3) is 4.09. The number of aromatic carboxylic acids is 1.